The van der Waals surface area contributed by atoms with Crippen LogP contribution in [0.15, 0.2) is 67.4 Å². The van der Waals surface area contributed by atoms with Crippen molar-refractivity contribution < 1.29 is 50.2 Å². The number of alkyl halides is 7. The number of aromatic nitrogens is 9. The minimum atomic E-state index is -4.56. The van der Waals surface area contributed by atoms with Gasteiger partial charge in [-0.2, -0.15) is 33.6 Å². The summed E-state index contributed by atoms with van der Waals surface area (Å²) in [6, 6.07) is 6.87. The van der Waals surface area contributed by atoms with E-state index in [9.17, 15) is 45.4 Å². The van der Waals surface area contributed by atoms with Crippen LogP contribution in [0.3, 0.4) is 0 Å². The third kappa shape index (κ3) is 9.86. The highest BCUT2D eigenvalue weighted by Crippen LogP contribution is 2.37. The lowest BCUT2D eigenvalue weighted by molar-refractivity contribution is -0.137. The maximum atomic E-state index is 14.5. The first-order valence-corrected chi connectivity index (χ1v) is 18.6. The van der Waals surface area contributed by atoms with Gasteiger partial charge in [-0.05, 0) is 56.0 Å². The first-order chi connectivity index (χ1) is 28.3. The molecule has 0 aromatic carbocycles. The predicted molar refractivity (Wildman–Crippen MR) is 197 cm³/mol. The molecule has 4 atom stereocenters. The second-order valence-corrected chi connectivity index (χ2v) is 14.7. The number of aliphatic hydroxyl groups is 1. The summed E-state index contributed by atoms with van der Waals surface area (Å²) >= 11 is 0. The minimum absolute atomic E-state index is 0.0143. The summed E-state index contributed by atoms with van der Waals surface area (Å²) in [7, 11) is 0. The predicted octanol–water partition coefficient (Wildman–Crippen LogP) is 5.40. The maximum absolute atomic E-state index is 14.5. The Hall–Kier alpha value is -6.06. The number of ether oxygens (including phenoxy) is 1. The Bertz CT molecular complexity index is 2260. The molecule has 22 heteroatoms. The van der Waals surface area contributed by atoms with Gasteiger partial charge in [-0.3, -0.25) is 9.59 Å². The van der Waals surface area contributed by atoms with Gasteiger partial charge in [0.05, 0.1) is 62.1 Å². The average Bonchev–Trinajstić information content (AvgIpc) is 3.92. The fraction of sp³-hybridized carbons (Fsp3) is 0.447. The van der Waals surface area contributed by atoms with E-state index in [1.165, 1.54) is 34.4 Å². The van der Waals surface area contributed by atoms with Gasteiger partial charge in [-0.25, -0.2) is 32.5 Å². The number of piperidine rings is 2. The molecular formula is C38H40F7N11O4. The molecule has 2 aliphatic rings. The molecule has 7 rings (SSSR count). The third-order valence-electron chi connectivity index (χ3n) is 10.0. The van der Waals surface area contributed by atoms with Gasteiger partial charge in [0.1, 0.15) is 18.0 Å². The van der Waals surface area contributed by atoms with E-state index in [-0.39, 0.29) is 42.6 Å². The zero-order valence-corrected chi connectivity index (χ0v) is 32.6. The van der Waals surface area contributed by atoms with E-state index in [0.717, 1.165) is 21.9 Å². The van der Waals surface area contributed by atoms with E-state index in [2.05, 4.69) is 35.3 Å². The quantitative estimate of drug-likeness (QED) is 0.199. The van der Waals surface area contributed by atoms with Crippen LogP contribution in [0, 0.1) is 25.7 Å². The van der Waals surface area contributed by atoms with Crippen molar-refractivity contribution in [1.29, 1.82) is 0 Å². The zero-order valence-electron chi connectivity index (χ0n) is 32.6. The molecule has 60 heavy (non-hydrogen) atoms. The van der Waals surface area contributed by atoms with Gasteiger partial charge in [-0.1, -0.05) is 13.8 Å². The fourth-order valence-corrected chi connectivity index (χ4v) is 7.16. The molecule has 2 amide bonds. The highest BCUT2D eigenvalue weighted by Gasteiger charge is 2.48. The first-order valence-electron chi connectivity index (χ1n) is 18.6. The van der Waals surface area contributed by atoms with Gasteiger partial charge in [-0.15, -0.1) is 9.59 Å². The van der Waals surface area contributed by atoms with E-state index >= 15 is 0 Å². The van der Waals surface area contributed by atoms with Crippen molar-refractivity contribution in [1.82, 2.24) is 54.7 Å². The van der Waals surface area contributed by atoms with E-state index in [0.29, 0.717) is 23.3 Å². The summed E-state index contributed by atoms with van der Waals surface area (Å²) in [5.41, 5.74) is 0.510. The van der Waals surface area contributed by atoms with Crippen LogP contribution in [0.1, 0.15) is 64.6 Å². The van der Waals surface area contributed by atoms with E-state index in [4.69, 9.17) is 4.74 Å². The molecule has 0 radical (unpaired) electrons. The third-order valence-corrected chi connectivity index (χ3v) is 10.0. The van der Waals surface area contributed by atoms with Crippen LogP contribution < -0.4 is 4.74 Å². The van der Waals surface area contributed by atoms with Crippen LogP contribution in [0.4, 0.5) is 30.7 Å². The molecule has 5 aromatic rings. The average molecular weight is 848 g/mol. The van der Waals surface area contributed by atoms with Crippen LogP contribution in [0.5, 0.6) is 5.88 Å². The molecule has 0 aliphatic carbocycles. The molecule has 0 bridgehead atoms. The molecule has 0 saturated carbocycles. The van der Waals surface area contributed by atoms with Crippen molar-refractivity contribution >= 4 is 11.8 Å². The van der Waals surface area contributed by atoms with Crippen molar-refractivity contribution in [3.63, 3.8) is 0 Å². The Kier molecular flexibility index (Phi) is 12.5. The van der Waals surface area contributed by atoms with E-state index < -0.39 is 78.8 Å². The standard InChI is InChI=1S/C22H21F5N6O2.C16H19F2N5O2/c1-13-9-21(23,24)12-32(17(13)11-35-18-6-4-15(10-28-18)22(25,26)27)20(34)19-16(5-3-14(2)31-19)33-29-7-8-30-33;1-10-7-16(17,18)9-22(13(10)8-24)15(25)14-12(4-3-11(2)21-14)23-19-5-6-20-23/h3-8,10,13,17H,9,11-12H2,1-2H3;3-6,10,13,24H,7-9H2,1-2H3/t13-,17-;10-,13-/m11/s1. The summed E-state index contributed by atoms with van der Waals surface area (Å²) < 4.78 is 101. The van der Waals surface area contributed by atoms with Crippen LogP contribution in [-0.2, 0) is 6.18 Å². The van der Waals surface area contributed by atoms with Gasteiger partial charge in [0, 0.05) is 36.5 Å². The van der Waals surface area contributed by atoms with Crippen molar-refractivity contribution in [2.45, 2.75) is 70.6 Å². The number of amides is 2. The summed E-state index contributed by atoms with van der Waals surface area (Å²) in [4.78, 5) is 43.1. The molecule has 0 unspecified atom stereocenters. The lowest BCUT2D eigenvalue weighted by Gasteiger charge is -2.43. The Morgan fingerprint density at radius 1 is 0.733 bits per heavy atom. The lowest BCUT2D eigenvalue weighted by Crippen LogP contribution is -2.57. The van der Waals surface area contributed by atoms with Crippen LogP contribution >= 0.6 is 0 Å². The Labute approximate surface area is 338 Å². The van der Waals surface area contributed by atoms with Gasteiger partial charge in [0.2, 0.25) is 5.88 Å². The molecule has 15 nitrogen and oxygen atoms in total. The number of hydrogen-bond acceptors (Lipinski definition) is 11. The maximum Gasteiger partial charge on any atom is 0.417 e. The van der Waals surface area contributed by atoms with Crippen molar-refractivity contribution in [2.24, 2.45) is 11.8 Å². The molecule has 2 saturated heterocycles. The SMILES string of the molecule is Cc1ccc(-n2nccn2)c(C(=O)N2CC(F)(F)C[C@@H](C)[C@H]2CO)n1.Cc1ccc(-n2nccn2)c(C(=O)N2CC(F)(F)C[C@@H](C)[C@H]2COc2ccc(C(F)(F)F)cn2)n1. The van der Waals surface area contributed by atoms with Gasteiger partial charge in [0.15, 0.2) is 11.4 Å². The van der Waals surface area contributed by atoms with E-state index in [1.807, 2.05) is 0 Å². The number of hydrogen-bond donors (Lipinski definition) is 1. The van der Waals surface area contributed by atoms with Crippen molar-refractivity contribution in [3.8, 4) is 17.3 Å². The molecule has 320 valence electrons. The smallest absolute Gasteiger partial charge is 0.417 e. The molecule has 5 aromatic heterocycles. The number of halogens is 7. The topological polar surface area (TPSA) is 170 Å². The molecular weight excluding hydrogens is 807 g/mol. The zero-order chi connectivity index (χ0) is 43.6. The molecule has 0 spiro atoms. The Morgan fingerprint density at radius 3 is 1.60 bits per heavy atom. The van der Waals surface area contributed by atoms with Crippen molar-refractivity contribution in [2.75, 3.05) is 26.3 Å². The van der Waals surface area contributed by atoms with Crippen LogP contribution in [0.2, 0.25) is 0 Å². The number of rotatable bonds is 8. The number of likely N-dealkylation sites (tertiary alicyclic amines) is 2. The molecule has 2 fully saturated rings. The Morgan fingerprint density at radius 2 is 1.18 bits per heavy atom. The van der Waals surface area contributed by atoms with Gasteiger partial charge in [0.25, 0.3) is 23.7 Å². The largest absolute Gasteiger partial charge is 0.475 e. The first kappa shape index (κ1) is 43.5. The molecule has 1 N–H and O–H groups in total. The Balaban J connectivity index is 0.000000213. The van der Waals surface area contributed by atoms with Crippen LogP contribution in [-0.4, -0.2) is 122 Å². The van der Waals surface area contributed by atoms with E-state index in [1.54, 1.807) is 52.0 Å². The monoisotopic (exact) mass is 847 g/mol. The number of pyridine rings is 3. The molecule has 7 heterocycles. The van der Waals surface area contributed by atoms with Crippen LogP contribution in [0.25, 0.3) is 11.4 Å². The number of carbonyl (C=O) groups is 2. The highest BCUT2D eigenvalue weighted by molar-refractivity contribution is 5.96. The highest BCUT2D eigenvalue weighted by atomic mass is 19.4. The summed E-state index contributed by atoms with van der Waals surface area (Å²) in [6.45, 7) is 4.27. The number of carbonyl (C=O) groups excluding carboxylic acids is 2. The minimum Gasteiger partial charge on any atom is -0.475 e. The summed E-state index contributed by atoms with van der Waals surface area (Å²) in [6.07, 6.45) is 0.912. The number of aryl methyl sites for hydroxylation is 2. The second kappa shape index (κ2) is 17.3. The summed E-state index contributed by atoms with van der Waals surface area (Å²) in [5, 5.41) is 25.6. The molecule has 2 aliphatic heterocycles. The second-order valence-electron chi connectivity index (χ2n) is 14.7. The van der Waals surface area contributed by atoms with Crippen molar-refractivity contribution in [3.05, 3.63) is 95.7 Å². The fourth-order valence-electron chi connectivity index (χ4n) is 7.16. The van der Waals surface area contributed by atoms with Gasteiger partial charge < -0.3 is 19.6 Å². The number of nitrogens with zero attached hydrogens (tertiary/aromatic N) is 11. The number of aliphatic hydroxyl groups excluding tert-OH is 1. The van der Waals surface area contributed by atoms with Gasteiger partial charge >= 0.3 is 6.18 Å². The normalized spacial score (nSPS) is 21.2. The summed E-state index contributed by atoms with van der Waals surface area (Å²) in [5.74, 6) is -8.92. The lowest BCUT2D eigenvalue weighted by atomic mass is 9.88.